The number of amides is 2. The van der Waals surface area contributed by atoms with Crippen LogP contribution in [0, 0.1) is 23.7 Å². The summed E-state index contributed by atoms with van der Waals surface area (Å²) in [5.41, 5.74) is -0.644. The van der Waals surface area contributed by atoms with Gasteiger partial charge in [0.15, 0.2) is 0 Å². The van der Waals surface area contributed by atoms with Crippen molar-refractivity contribution < 1.29 is 22.8 Å². The molecule has 1 N–H and O–H groups in total. The molecule has 170 valence electrons. The highest BCUT2D eigenvalue weighted by atomic mass is 19.4. The van der Waals surface area contributed by atoms with Gasteiger partial charge in [-0.1, -0.05) is 37.5 Å². The van der Waals surface area contributed by atoms with E-state index in [0.717, 1.165) is 55.2 Å². The van der Waals surface area contributed by atoms with Gasteiger partial charge in [-0.15, -0.1) is 6.42 Å². The number of nitrogens with zero attached hydrogens (tertiary/aromatic N) is 2. The predicted octanol–water partition coefficient (Wildman–Crippen LogP) is 4.73. The number of rotatable bonds is 5. The molecule has 33 heavy (non-hydrogen) atoms. The SMILES string of the molecule is C#CC(=O)N(c1cccc(C(F)(F)F)c1)C(C(=O)NC1CCCCC1)c1cccc(C#N)c1. The zero-order valence-corrected chi connectivity index (χ0v) is 17.7. The maximum atomic E-state index is 13.4. The van der Waals surface area contributed by atoms with E-state index in [0.29, 0.717) is 0 Å². The quantitative estimate of drug-likeness (QED) is 0.665. The van der Waals surface area contributed by atoms with E-state index in [-0.39, 0.29) is 22.9 Å². The molecule has 0 aromatic heterocycles. The summed E-state index contributed by atoms with van der Waals surface area (Å²) in [5, 5.41) is 12.2. The minimum atomic E-state index is -4.65. The number of hydrogen-bond donors (Lipinski definition) is 1. The zero-order valence-electron chi connectivity index (χ0n) is 17.7. The number of carbonyl (C=O) groups is 2. The van der Waals surface area contributed by atoms with Gasteiger partial charge in [-0.05, 0) is 54.7 Å². The van der Waals surface area contributed by atoms with Gasteiger partial charge >= 0.3 is 12.1 Å². The third-order valence-electron chi connectivity index (χ3n) is 5.58. The third-order valence-corrected chi connectivity index (χ3v) is 5.58. The maximum absolute atomic E-state index is 13.4. The molecule has 1 unspecified atom stereocenters. The largest absolute Gasteiger partial charge is 0.416 e. The van der Waals surface area contributed by atoms with Gasteiger partial charge in [0.2, 0.25) is 5.91 Å². The van der Waals surface area contributed by atoms with Crippen LogP contribution in [0.1, 0.15) is 54.8 Å². The monoisotopic (exact) mass is 453 g/mol. The van der Waals surface area contributed by atoms with Crippen molar-refractivity contribution >= 4 is 17.5 Å². The Kier molecular flexibility index (Phi) is 7.40. The fraction of sp³-hybridized carbons (Fsp3) is 0.320. The molecular weight excluding hydrogens is 431 g/mol. The number of alkyl halides is 3. The van der Waals surface area contributed by atoms with Gasteiger partial charge in [0.25, 0.3) is 0 Å². The van der Waals surface area contributed by atoms with E-state index in [9.17, 15) is 28.0 Å². The zero-order chi connectivity index (χ0) is 24.0. The summed E-state index contributed by atoms with van der Waals surface area (Å²) in [6, 6.07) is 10.6. The molecule has 0 heterocycles. The highest BCUT2D eigenvalue weighted by Gasteiger charge is 2.36. The van der Waals surface area contributed by atoms with Crippen LogP contribution in [0.25, 0.3) is 0 Å². The Bertz CT molecular complexity index is 1110. The minimum Gasteiger partial charge on any atom is -0.351 e. The summed E-state index contributed by atoms with van der Waals surface area (Å²) in [5.74, 6) is 0.377. The minimum absolute atomic E-state index is 0.114. The van der Waals surface area contributed by atoms with Gasteiger partial charge in [0.05, 0.1) is 17.2 Å². The van der Waals surface area contributed by atoms with Crippen LogP contribution in [0.5, 0.6) is 0 Å². The normalized spacial score (nSPS) is 15.1. The van der Waals surface area contributed by atoms with Gasteiger partial charge in [0.1, 0.15) is 6.04 Å². The molecule has 0 bridgehead atoms. The Labute approximate surface area is 190 Å². The number of hydrogen-bond acceptors (Lipinski definition) is 3. The van der Waals surface area contributed by atoms with Gasteiger partial charge in [-0.2, -0.15) is 18.4 Å². The van der Waals surface area contributed by atoms with Crippen molar-refractivity contribution in [3.8, 4) is 18.4 Å². The van der Waals surface area contributed by atoms with E-state index in [1.807, 2.05) is 12.0 Å². The molecular formula is C25H22F3N3O2. The molecule has 0 saturated heterocycles. The third kappa shape index (κ3) is 5.72. The topological polar surface area (TPSA) is 73.2 Å². The molecule has 2 aromatic carbocycles. The van der Waals surface area contributed by atoms with Crippen LogP contribution in [-0.4, -0.2) is 17.9 Å². The van der Waals surface area contributed by atoms with Crippen molar-refractivity contribution in [2.24, 2.45) is 0 Å². The fourth-order valence-electron chi connectivity index (χ4n) is 4.01. The molecule has 0 radical (unpaired) electrons. The number of anilines is 1. The lowest BCUT2D eigenvalue weighted by Crippen LogP contribution is -2.47. The lowest BCUT2D eigenvalue weighted by Gasteiger charge is -2.32. The van der Waals surface area contributed by atoms with Crippen molar-refractivity contribution in [2.75, 3.05) is 4.90 Å². The molecule has 0 aliphatic heterocycles. The van der Waals surface area contributed by atoms with Crippen molar-refractivity contribution in [3.63, 3.8) is 0 Å². The molecule has 1 aliphatic rings. The Morgan fingerprint density at radius 2 is 1.79 bits per heavy atom. The van der Waals surface area contributed by atoms with Crippen molar-refractivity contribution in [1.82, 2.24) is 5.32 Å². The molecule has 1 aliphatic carbocycles. The first-order valence-electron chi connectivity index (χ1n) is 10.5. The Morgan fingerprint density at radius 1 is 1.09 bits per heavy atom. The van der Waals surface area contributed by atoms with Gasteiger partial charge in [0, 0.05) is 11.7 Å². The highest BCUT2D eigenvalue weighted by Crippen LogP contribution is 2.35. The van der Waals surface area contributed by atoms with E-state index in [4.69, 9.17) is 6.42 Å². The lowest BCUT2D eigenvalue weighted by molar-refractivity contribution is -0.137. The van der Waals surface area contributed by atoms with Crippen LogP contribution in [0.15, 0.2) is 48.5 Å². The summed E-state index contributed by atoms with van der Waals surface area (Å²) in [7, 11) is 0. The molecule has 2 aromatic rings. The van der Waals surface area contributed by atoms with Crippen LogP contribution in [0.2, 0.25) is 0 Å². The number of benzene rings is 2. The van der Waals surface area contributed by atoms with E-state index in [2.05, 4.69) is 5.32 Å². The number of halogens is 3. The first kappa shape index (κ1) is 23.9. The van der Waals surface area contributed by atoms with Crippen molar-refractivity contribution in [2.45, 2.75) is 50.4 Å². The lowest BCUT2D eigenvalue weighted by atomic mass is 9.94. The van der Waals surface area contributed by atoms with Gasteiger partial charge in [-0.3, -0.25) is 14.5 Å². The molecule has 3 rings (SSSR count). The second-order valence-electron chi connectivity index (χ2n) is 7.85. The Balaban J connectivity index is 2.11. The van der Waals surface area contributed by atoms with Crippen LogP contribution in [0.4, 0.5) is 18.9 Å². The smallest absolute Gasteiger partial charge is 0.351 e. The summed E-state index contributed by atoms with van der Waals surface area (Å²) >= 11 is 0. The number of nitrogens with one attached hydrogen (secondary N) is 1. The molecule has 1 saturated carbocycles. The molecule has 2 amide bonds. The van der Waals surface area contributed by atoms with E-state index in [1.165, 1.54) is 24.3 Å². The summed E-state index contributed by atoms with van der Waals surface area (Å²) in [4.78, 5) is 27.1. The molecule has 5 nitrogen and oxygen atoms in total. The summed E-state index contributed by atoms with van der Waals surface area (Å²) in [6.07, 6.45) is 5.18. The second-order valence-corrected chi connectivity index (χ2v) is 7.85. The van der Waals surface area contributed by atoms with E-state index >= 15 is 0 Å². The van der Waals surface area contributed by atoms with E-state index in [1.54, 1.807) is 6.07 Å². The van der Waals surface area contributed by atoms with Gasteiger partial charge < -0.3 is 5.32 Å². The summed E-state index contributed by atoms with van der Waals surface area (Å²) in [6.45, 7) is 0. The van der Waals surface area contributed by atoms with Crippen LogP contribution in [0.3, 0.4) is 0 Å². The number of terminal acetylenes is 1. The second kappa shape index (κ2) is 10.2. The average Bonchev–Trinajstić information content (AvgIpc) is 2.82. The number of carbonyl (C=O) groups excluding carboxylic acids is 2. The Morgan fingerprint density at radius 3 is 2.42 bits per heavy atom. The maximum Gasteiger partial charge on any atom is 0.416 e. The van der Waals surface area contributed by atoms with Crippen LogP contribution >= 0.6 is 0 Å². The highest BCUT2D eigenvalue weighted by molar-refractivity contribution is 6.09. The number of nitriles is 1. The van der Waals surface area contributed by atoms with Crippen molar-refractivity contribution in [3.05, 3.63) is 65.2 Å². The summed E-state index contributed by atoms with van der Waals surface area (Å²) < 4.78 is 40.0. The first-order chi connectivity index (χ1) is 15.7. The van der Waals surface area contributed by atoms with Crippen LogP contribution in [-0.2, 0) is 15.8 Å². The fourth-order valence-corrected chi connectivity index (χ4v) is 4.01. The Hall–Kier alpha value is -3.78. The van der Waals surface area contributed by atoms with Crippen LogP contribution < -0.4 is 10.2 Å². The van der Waals surface area contributed by atoms with E-state index < -0.39 is 29.6 Å². The first-order valence-corrected chi connectivity index (χ1v) is 10.5. The average molecular weight is 453 g/mol. The van der Waals surface area contributed by atoms with Gasteiger partial charge in [-0.25, -0.2) is 0 Å². The van der Waals surface area contributed by atoms with Crippen molar-refractivity contribution in [1.29, 1.82) is 5.26 Å². The predicted molar refractivity (Wildman–Crippen MR) is 117 cm³/mol. The molecule has 8 heteroatoms. The molecule has 1 fully saturated rings. The molecule has 1 atom stereocenters. The standard InChI is InChI=1S/C25H22F3N3O2/c1-2-22(32)31(21-13-7-10-19(15-21)25(26,27)28)23(18-9-6-8-17(14-18)16-29)24(33)30-20-11-4-3-5-12-20/h1,6-10,13-15,20,23H,3-5,11-12H2,(H,30,33). The molecule has 0 spiro atoms.